The molecule has 0 radical (unpaired) electrons. The second kappa shape index (κ2) is 9.94. The van der Waals surface area contributed by atoms with E-state index in [0.29, 0.717) is 31.0 Å². The zero-order valence-electron chi connectivity index (χ0n) is 15.6. The number of aromatic nitrogens is 1. The number of ether oxygens (including phenoxy) is 2. The molecule has 27 heavy (non-hydrogen) atoms. The molecule has 2 N–H and O–H groups in total. The predicted octanol–water partition coefficient (Wildman–Crippen LogP) is 3.19. The summed E-state index contributed by atoms with van der Waals surface area (Å²) in [5, 5.41) is 18.4. The molecule has 1 heterocycles. The summed E-state index contributed by atoms with van der Waals surface area (Å²) >= 11 is 0. The lowest BCUT2D eigenvalue weighted by Gasteiger charge is -2.13. The number of rotatable bonds is 11. The van der Waals surface area contributed by atoms with Crippen LogP contribution in [0.25, 0.3) is 11.0 Å². The summed E-state index contributed by atoms with van der Waals surface area (Å²) in [6.07, 6.45) is 1.24. The van der Waals surface area contributed by atoms with E-state index in [4.69, 9.17) is 14.0 Å². The highest BCUT2D eigenvalue weighted by molar-refractivity contribution is 5.84. The van der Waals surface area contributed by atoms with Gasteiger partial charge >= 0.3 is 0 Å². The van der Waals surface area contributed by atoms with E-state index in [0.717, 1.165) is 29.7 Å². The van der Waals surface area contributed by atoms with Gasteiger partial charge in [-0.2, -0.15) is 0 Å². The highest BCUT2D eigenvalue weighted by atomic mass is 16.5. The van der Waals surface area contributed by atoms with E-state index in [-0.39, 0.29) is 6.61 Å². The Kier molecular flexibility index (Phi) is 7.07. The number of aliphatic hydroxyl groups is 1. The van der Waals surface area contributed by atoms with Gasteiger partial charge in [0, 0.05) is 18.5 Å². The summed E-state index contributed by atoms with van der Waals surface area (Å²) in [6, 6.07) is 15.4. The maximum absolute atomic E-state index is 10.1. The molecule has 0 aliphatic heterocycles. The number of hydrogen-bond donors (Lipinski definition) is 2. The van der Waals surface area contributed by atoms with Crippen LogP contribution in [0.4, 0.5) is 0 Å². The minimum absolute atomic E-state index is 0.176. The van der Waals surface area contributed by atoms with Crippen molar-refractivity contribution in [3.8, 4) is 11.5 Å². The molecule has 1 atom stereocenters. The molecule has 0 saturated carbocycles. The molecule has 2 aromatic carbocycles. The Morgan fingerprint density at radius 2 is 1.96 bits per heavy atom. The smallest absolute Gasteiger partial charge is 0.208 e. The van der Waals surface area contributed by atoms with Crippen LogP contribution in [0.5, 0.6) is 11.5 Å². The highest BCUT2D eigenvalue weighted by Crippen LogP contribution is 2.28. The zero-order valence-corrected chi connectivity index (χ0v) is 15.6. The van der Waals surface area contributed by atoms with E-state index in [9.17, 15) is 5.11 Å². The summed E-state index contributed by atoms with van der Waals surface area (Å²) in [5.41, 5.74) is 1.58. The van der Waals surface area contributed by atoms with Crippen LogP contribution in [0.3, 0.4) is 0 Å². The van der Waals surface area contributed by atoms with Crippen LogP contribution in [-0.2, 0) is 6.42 Å². The largest absolute Gasteiger partial charge is 0.492 e. The Morgan fingerprint density at radius 3 is 2.78 bits per heavy atom. The minimum atomic E-state index is -0.630. The monoisotopic (exact) mass is 370 g/mol. The lowest BCUT2D eigenvalue weighted by atomic mass is 10.1. The normalized spacial score (nSPS) is 12.2. The first kappa shape index (κ1) is 19.2. The molecule has 0 spiro atoms. The van der Waals surface area contributed by atoms with E-state index < -0.39 is 6.10 Å². The quantitative estimate of drug-likeness (QED) is 0.505. The molecule has 1 aromatic heterocycles. The molecule has 1 unspecified atom stereocenters. The maximum Gasteiger partial charge on any atom is 0.208 e. The lowest BCUT2D eigenvalue weighted by Crippen LogP contribution is -2.33. The van der Waals surface area contributed by atoms with Gasteiger partial charge < -0.3 is 24.4 Å². The van der Waals surface area contributed by atoms with E-state index >= 15 is 0 Å². The van der Waals surface area contributed by atoms with Gasteiger partial charge in [0.2, 0.25) is 5.58 Å². The Labute approximate surface area is 159 Å². The first-order valence-electron chi connectivity index (χ1n) is 9.34. The van der Waals surface area contributed by atoms with Crippen LogP contribution >= 0.6 is 0 Å². The van der Waals surface area contributed by atoms with Gasteiger partial charge in [0.05, 0.1) is 5.69 Å². The molecular weight excluding hydrogens is 344 g/mol. The molecule has 0 aliphatic rings. The van der Waals surface area contributed by atoms with Crippen molar-refractivity contribution in [2.75, 3.05) is 26.3 Å². The second-order valence-corrected chi connectivity index (χ2v) is 6.34. The molecule has 6 heteroatoms. The van der Waals surface area contributed by atoms with E-state index in [1.807, 2.05) is 48.5 Å². The summed E-state index contributed by atoms with van der Waals surface area (Å²) in [5.74, 6) is 1.44. The fourth-order valence-corrected chi connectivity index (χ4v) is 2.79. The molecule has 0 fully saturated rings. The van der Waals surface area contributed by atoms with Crippen molar-refractivity contribution in [3.05, 3.63) is 54.2 Å². The van der Waals surface area contributed by atoms with Crippen molar-refractivity contribution < 1.29 is 19.1 Å². The van der Waals surface area contributed by atoms with E-state index in [1.54, 1.807) is 0 Å². The number of aliphatic hydroxyl groups excluding tert-OH is 1. The predicted molar refractivity (Wildman–Crippen MR) is 104 cm³/mol. The third kappa shape index (κ3) is 5.45. The molecule has 0 aliphatic carbocycles. The van der Waals surface area contributed by atoms with Crippen molar-refractivity contribution in [3.63, 3.8) is 0 Å². The number of fused-ring (bicyclic) bond motifs is 1. The van der Waals surface area contributed by atoms with E-state index in [1.165, 1.54) is 0 Å². The number of para-hydroxylation sites is 2. The van der Waals surface area contributed by atoms with Crippen LogP contribution in [0.2, 0.25) is 0 Å². The number of aryl methyl sites for hydroxylation is 1. The standard InChI is InChI=1S/C21H26N2O4/c1-2-7-19-18-10-6-11-20(21(18)27-23-19)26-15-16(24)14-22-12-13-25-17-8-4-3-5-9-17/h3-6,8-11,16,22,24H,2,7,12-15H2,1H3. The van der Waals surface area contributed by atoms with Crippen LogP contribution in [0.1, 0.15) is 19.0 Å². The first-order chi connectivity index (χ1) is 13.3. The molecule has 0 bridgehead atoms. The highest BCUT2D eigenvalue weighted by Gasteiger charge is 2.13. The third-order valence-corrected chi connectivity index (χ3v) is 4.13. The number of benzene rings is 2. The Hall–Kier alpha value is -2.57. The molecule has 0 amide bonds. The molecule has 6 nitrogen and oxygen atoms in total. The number of nitrogens with one attached hydrogen (secondary N) is 1. The molecule has 0 saturated heterocycles. The number of nitrogens with zero attached hydrogens (tertiary/aromatic N) is 1. The fraction of sp³-hybridized carbons (Fsp3) is 0.381. The third-order valence-electron chi connectivity index (χ3n) is 4.13. The molecular formula is C21H26N2O4. The van der Waals surface area contributed by atoms with Crippen LogP contribution in [0, 0.1) is 0 Å². The summed E-state index contributed by atoms with van der Waals surface area (Å²) in [7, 11) is 0. The first-order valence-corrected chi connectivity index (χ1v) is 9.34. The lowest BCUT2D eigenvalue weighted by molar-refractivity contribution is 0.105. The zero-order chi connectivity index (χ0) is 18.9. The molecule has 3 rings (SSSR count). The van der Waals surface area contributed by atoms with Gasteiger partial charge in [-0.05, 0) is 30.7 Å². The van der Waals surface area contributed by atoms with Gasteiger partial charge in [-0.3, -0.25) is 0 Å². The van der Waals surface area contributed by atoms with Gasteiger partial charge in [-0.15, -0.1) is 0 Å². The molecule has 3 aromatic rings. The van der Waals surface area contributed by atoms with Crippen molar-refractivity contribution in [2.24, 2.45) is 0 Å². The summed E-state index contributed by atoms with van der Waals surface area (Å²) in [6.45, 7) is 3.88. The van der Waals surface area contributed by atoms with Gasteiger partial charge in [0.25, 0.3) is 0 Å². The SMILES string of the molecule is CCCc1noc2c(OCC(O)CNCCOc3ccccc3)cccc12. The van der Waals surface area contributed by atoms with Crippen LogP contribution in [0.15, 0.2) is 53.1 Å². The minimum Gasteiger partial charge on any atom is -0.492 e. The van der Waals surface area contributed by atoms with Crippen LogP contribution < -0.4 is 14.8 Å². The Bertz CT molecular complexity index is 819. The average Bonchev–Trinajstić information content (AvgIpc) is 3.11. The second-order valence-electron chi connectivity index (χ2n) is 6.34. The van der Waals surface area contributed by atoms with Crippen molar-refractivity contribution in [1.29, 1.82) is 0 Å². The van der Waals surface area contributed by atoms with Gasteiger partial charge in [0.15, 0.2) is 5.75 Å². The number of hydrogen-bond acceptors (Lipinski definition) is 6. The molecule has 144 valence electrons. The fourth-order valence-electron chi connectivity index (χ4n) is 2.79. The maximum atomic E-state index is 10.1. The van der Waals surface area contributed by atoms with Gasteiger partial charge in [-0.25, -0.2) is 0 Å². The van der Waals surface area contributed by atoms with E-state index in [2.05, 4.69) is 17.4 Å². The van der Waals surface area contributed by atoms with Crippen molar-refractivity contribution in [2.45, 2.75) is 25.9 Å². The van der Waals surface area contributed by atoms with Gasteiger partial charge in [0.1, 0.15) is 25.1 Å². The average molecular weight is 370 g/mol. The van der Waals surface area contributed by atoms with Crippen molar-refractivity contribution >= 4 is 11.0 Å². The Balaban J connectivity index is 1.40. The van der Waals surface area contributed by atoms with Gasteiger partial charge in [-0.1, -0.05) is 42.8 Å². The summed E-state index contributed by atoms with van der Waals surface area (Å²) in [4.78, 5) is 0. The van der Waals surface area contributed by atoms with Crippen LogP contribution in [-0.4, -0.2) is 42.7 Å². The topological polar surface area (TPSA) is 76.8 Å². The van der Waals surface area contributed by atoms with Crippen molar-refractivity contribution in [1.82, 2.24) is 10.5 Å². The Morgan fingerprint density at radius 1 is 1.11 bits per heavy atom. The summed E-state index contributed by atoms with van der Waals surface area (Å²) < 4.78 is 16.8.